The monoisotopic (exact) mass is 247 g/mol. The Hall–Kier alpha value is -1.13. The van der Waals surface area contributed by atoms with E-state index in [4.69, 9.17) is 0 Å². The molecule has 1 aromatic rings. The summed E-state index contributed by atoms with van der Waals surface area (Å²) in [6.45, 7) is 7.54. The maximum atomic E-state index is 11.8. The number of hydrogen-bond acceptors (Lipinski definition) is 3. The van der Waals surface area contributed by atoms with Crippen molar-refractivity contribution in [2.45, 2.75) is 26.3 Å². The average molecular weight is 247 g/mol. The minimum atomic E-state index is 0.0897. The second kappa shape index (κ2) is 4.52. The van der Waals surface area contributed by atoms with E-state index in [0.717, 1.165) is 44.7 Å². The molecule has 1 atom stereocenters. The van der Waals surface area contributed by atoms with Crippen molar-refractivity contribution >= 4 is 0 Å². The van der Waals surface area contributed by atoms with Crippen LogP contribution in [0.3, 0.4) is 0 Å². The fraction of sp³-hybridized carbons (Fsp3) is 0.643. The van der Waals surface area contributed by atoms with Gasteiger partial charge in [-0.1, -0.05) is 6.92 Å². The third-order valence-electron chi connectivity index (χ3n) is 4.30. The van der Waals surface area contributed by atoms with E-state index in [1.54, 1.807) is 6.20 Å². The molecule has 0 amide bonds. The first kappa shape index (κ1) is 11.9. The molecule has 98 valence electrons. The molecule has 1 saturated heterocycles. The summed E-state index contributed by atoms with van der Waals surface area (Å²) in [5, 5.41) is 3.44. The number of nitrogens with zero attached hydrogens (tertiary/aromatic N) is 1. The van der Waals surface area contributed by atoms with Crippen LogP contribution >= 0.6 is 0 Å². The molecular formula is C14H21N3O. The first-order valence-electron chi connectivity index (χ1n) is 6.79. The molecule has 1 fully saturated rings. The number of pyridine rings is 1. The van der Waals surface area contributed by atoms with Gasteiger partial charge in [0.2, 0.25) is 0 Å². The predicted molar refractivity (Wildman–Crippen MR) is 71.6 cm³/mol. The maximum absolute atomic E-state index is 11.8. The second-order valence-corrected chi connectivity index (χ2v) is 6.01. The zero-order valence-electron chi connectivity index (χ0n) is 11.0. The average Bonchev–Trinajstić information content (AvgIpc) is 2.77. The summed E-state index contributed by atoms with van der Waals surface area (Å²) < 4.78 is 0. The standard InChI is InChI=1S/C14H21N3O/c1-14(4-6-15-9-14)10-17-7-3-11-2-5-16-13(18)12(11)8-17/h2,5,15H,3-4,6-10H2,1H3,(H,16,18). The molecule has 1 aromatic heterocycles. The summed E-state index contributed by atoms with van der Waals surface area (Å²) >= 11 is 0. The highest BCUT2D eigenvalue weighted by atomic mass is 16.1. The van der Waals surface area contributed by atoms with Gasteiger partial charge >= 0.3 is 0 Å². The highest BCUT2D eigenvalue weighted by Crippen LogP contribution is 2.27. The Morgan fingerprint density at radius 2 is 2.39 bits per heavy atom. The normalized spacial score (nSPS) is 28.3. The van der Waals surface area contributed by atoms with Gasteiger partial charge in [-0.3, -0.25) is 9.69 Å². The first-order valence-corrected chi connectivity index (χ1v) is 6.79. The number of H-pyrrole nitrogens is 1. The van der Waals surface area contributed by atoms with Crippen LogP contribution < -0.4 is 10.9 Å². The molecule has 3 rings (SSSR count). The number of aromatic nitrogens is 1. The second-order valence-electron chi connectivity index (χ2n) is 6.01. The Labute approximate surface area is 107 Å². The zero-order chi connectivity index (χ0) is 12.6. The van der Waals surface area contributed by atoms with Crippen molar-refractivity contribution in [3.63, 3.8) is 0 Å². The zero-order valence-corrected chi connectivity index (χ0v) is 11.0. The van der Waals surface area contributed by atoms with Crippen LogP contribution in [-0.4, -0.2) is 36.1 Å². The molecule has 0 spiro atoms. The van der Waals surface area contributed by atoms with Crippen LogP contribution in [0.5, 0.6) is 0 Å². The van der Waals surface area contributed by atoms with Gasteiger partial charge < -0.3 is 10.3 Å². The lowest BCUT2D eigenvalue weighted by Crippen LogP contribution is -2.41. The summed E-state index contributed by atoms with van der Waals surface area (Å²) in [6, 6.07) is 2.05. The molecule has 1 unspecified atom stereocenters. The number of fused-ring (bicyclic) bond motifs is 1. The van der Waals surface area contributed by atoms with E-state index in [1.165, 1.54) is 12.0 Å². The smallest absolute Gasteiger partial charge is 0.252 e. The molecule has 2 aliphatic heterocycles. The van der Waals surface area contributed by atoms with Crippen LogP contribution in [0.2, 0.25) is 0 Å². The minimum absolute atomic E-state index is 0.0897. The van der Waals surface area contributed by atoms with E-state index in [-0.39, 0.29) is 5.56 Å². The Morgan fingerprint density at radius 3 is 3.17 bits per heavy atom. The van der Waals surface area contributed by atoms with Gasteiger partial charge in [0.25, 0.3) is 5.56 Å². The number of hydrogen-bond donors (Lipinski definition) is 2. The van der Waals surface area contributed by atoms with Crippen molar-refractivity contribution in [1.82, 2.24) is 15.2 Å². The highest BCUT2D eigenvalue weighted by Gasteiger charge is 2.32. The van der Waals surface area contributed by atoms with Crippen molar-refractivity contribution in [3.05, 3.63) is 33.7 Å². The topological polar surface area (TPSA) is 48.1 Å². The summed E-state index contributed by atoms with van der Waals surface area (Å²) in [6.07, 6.45) is 4.00. The van der Waals surface area contributed by atoms with Crippen molar-refractivity contribution in [2.75, 3.05) is 26.2 Å². The fourth-order valence-electron chi connectivity index (χ4n) is 3.22. The predicted octanol–water partition coefficient (Wildman–Crippen LogP) is 0.733. The maximum Gasteiger partial charge on any atom is 0.252 e. The third-order valence-corrected chi connectivity index (χ3v) is 4.30. The highest BCUT2D eigenvalue weighted by molar-refractivity contribution is 5.25. The molecule has 0 bridgehead atoms. The molecule has 0 aromatic carbocycles. The third kappa shape index (κ3) is 2.22. The lowest BCUT2D eigenvalue weighted by atomic mass is 9.88. The summed E-state index contributed by atoms with van der Waals surface area (Å²) in [4.78, 5) is 17.1. The largest absolute Gasteiger partial charge is 0.329 e. The lowest BCUT2D eigenvalue weighted by Gasteiger charge is -2.34. The Morgan fingerprint density at radius 1 is 1.50 bits per heavy atom. The van der Waals surface area contributed by atoms with Gasteiger partial charge in [0.05, 0.1) is 0 Å². The van der Waals surface area contributed by atoms with Gasteiger partial charge in [0, 0.05) is 37.9 Å². The van der Waals surface area contributed by atoms with Crippen LogP contribution in [0.4, 0.5) is 0 Å². The van der Waals surface area contributed by atoms with Gasteiger partial charge in [-0.2, -0.15) is 0 Å². The summed E-state index contributed by atoms with van der Waals surface area (Å²) in [5.41, 5.74) is 2.66. The van der Waals surface area contributed by atoms with E-state index < -0.39 is 0 Å². The van der Waals surface area contributed by atoms with Crippen molar-refractivity contribution in [3.8, 4) is 0 Å². The van der Waals surface area contributed by atoms with Gasteiger partial charge in [0.15, 0.2) is 0 Å². The Balaban J connectivity index is 1.75. The van der Waals surface area contributed by atoms with Gasteiger partial charge in [-0.25, -0.2) is 0 Å². The van der Waals surface area contributed by atoms with Gasteiger partial charge in [-0.05, 0) is 36.4 Å². The molecule has 2 N–H and O–H groups in total. The molecule has 0 aliphatic carbocycles. The van der Waals surface area contributed by atoms with Gasteiger partial charge in [0.1, 0.15) is 0 Å². The van der Waals surface area contributed by atoms with Crippen LogP contribution in [0.15, 0.2) is 17.1 Å². The Kier molecular flexibility index (Phi) is 2.99. The summed E-state index contributed by atoms with van der Waals surface area (Å²) in [7, 11) is 0. The SMILES string of the molecule is CC1(CN2CCc3cc[nH]c(=O)c3C2)CCNC1. The molecular weight excluding hydrogens is 226 g/mol. The number of nitrogens with one attached hydrogen (secondary N) is 2. The molecule has 2 aliphatic rings. The van der Waals surface area contributed by atoms with Crippen molar-refractivity contribution in [2.24, 2.45) is 5.41 Å². The van der Waals surface area contributed by atoms with E-state index in [0.29, 0.717) is 5.41 Å². The van der Waals surface area contributed by atoms with Crippen LogP contribution in [0.25, 0.3) is 0 Å². The number of aromatic amines is 1. The first-order chi connectivity index (χ1) is 8.66. The Bertz CT molecular complexity index is 488. The molecule has 4 heteroatoms. The summed E-state index contributed by atoms with van der Waals surface area (Å²) in [5.74, 6) is 0. The number of rotatable bonds is 2. The van der Waals surface area contributed by atoms with E-state index >= 15 is 0 Å². The van der Waals surface area contributed by atoms with E-state index in [9.17, 15) is 4.79 Å². The van der Waals surface area contributed by atoms with Crippen LogP contribution in [0.1, 0.15) is 24.5 Å². The molecule has 18 heavy (non-hydrogen) atoms. The van der Waals surface area contributed by atoms with E-state index in [2.05, 4.69) is 22.1 Å². The molecule has 0 saturated carbocycles. The van der Waals surface area contributed by atoms with Gasteiger partial charge in [-0.15, -0.1) is 0 Å². The van der Waals surface area contributed by atoms with Crippen LogP contribution in [0, 0.1) is 5.41 Å². The molecule has 4 nitrogen and oxygen atoms in total. The minimum Gasteiger partial charge on any atom is -0.329 e. The molecule has 0 radical (unpaired) electrons. The van der Waals surface area contributed by atoms with Crippen molar-refractivity contribution < 1.29 is 0 Å². The van der Waals surface area contributed by atoms with Crippen LogP contribution in [-0.2, 0) is 13.0 Å². The van der Waals surface area contributed by atoms with Crippen molar-refractivity contribution in [1.29, 1.82) is 0 Å². The molecule has 3 heterocycles. The fourth-order valence-corrected chi connectivity index (χ4v) is 3.22. The lowest BCUT2D eigenvalue weighted by molar-refractivity contribution is 0.163. The quantitative estimate of drug-likeness (QED) is 0.810. The van der Waals surface area contributed by atoms with E-state index in [1.807, 2.05) is 6.07 Å².